The Morgan fingerprint density at radius 1 is 1.00 bits per heavy atom. The number of alkyl halides is 5. The lowest BCUT2D eigenvalue weighted by molar-refractivity contribution is -0.279. The first-order chi connectivity index (χ1) is 9.99. The summed E-state index contributed by atoms with van der Waals surface area (Å²) in [5.41, 5.74) is -0.969. The largest absolute Gasteiger partial charge is 0.446 e. The molecule has 22 heavy (non-hydrogen) atoms. The van der Waals surface area contributed by atoms with Gasteiger partial charge in [0.15, 0.2) is 0 Å². The molecule has 0 aliphatic heterocycles. The first-order valence-electron chi connectivity index (χ1n) is 7.65. The van der Waals surface area contributed by atoms with Gasteiger partial charge in [-0.15, -0.1) is 0 Å². The van der Waals surface area contributed by atoms with E-state index in [1.807, 2.05) is 0 Å². The third-order valence-corrected chi connectivity index (χ3v) is 5.45. The summed E-state index contributed by atoms with van der Waals surface area (Å²) in [4.78, 5) is 12.3. The van der Waals surface area contributed by atoms with Crippen molar-refractivity contribution in [3.05, 3.63) is 0 Å². The fourth-order valence-electron chi connectivity index (χ4n) is 5.05. The first-order valence-corrected chi connectivity index (χ1v) is 7.65. The van der Waals surface area contributed by atoms with Crippen LogP contribution in [-0.2, 0) is 9.53 Å². The average Bonchev–Trinajstić information content (AvgIpc) is 2.30. The van der Waals surface area contributed by atoms with Crippen LogP contribution in [0.5, 0.6) is 0 Å². The zero-order valence-corrected chi connectivity index (χ0v) is 12.3. The normalized spacial score (nSPS) is 38.9. The molecule has 4 fully saturated rings. The third-order valence-electron chi connectivity index (χ3n) is 5.45. The van der Waals surface area contributed by atoms with Gasteiger partial charge in [0.05, 0.1) is 5.41 Å². The number of carbonyl (C=O) groups excluding carboxylic acids is 1. The Kier molecular flexibility index (Phi) is 3.49. The van der Waals surface area contributed by atoms with Crippen LogP contribution in [0.25, 0.3) is 0 Å². The van der Waals surface area contributed by atoms with Gasteiger partial charge in [-0.25, -0.2) is 8.78 Å². The van der Waals surface area contributed by atoms with Crippen LogP contribution in [0.1, 0.15) is 45.4 Å². The maximum absolute atomic E-state index is 13.2. The first kappa shape index (κ1) is 16.0. The van der Waals surface area contributed by atoms with Gasteiger partial charge < -0.3 is 4.74 Å². The minimum absolute atomic E-state index is 0.137. The zero-order chi connectivity index (χ0) is 16.3. The van der Waals surface area contributed by atoms with Gasteiger partial charge in [0.2, 0.25) is 0 Å². The van der Waals surface area contributed by atoms with E-state index in [9.17, 15) is 26.7 Å². The van der Waals surface area contributed by atoms with Crippen LogP contribution in [-0.4, -0.2) is 24.2 Å². The molecule has 4 rings (SSSR count). The van der Waals surface area contributed by atoms with Crippen LogP contribution in [0.4, 0.5) is 22.0 Å². The highest BCUT2D eigenvalue weighted by molar-refractivity contribution is 5.78. The monoisotopic (exact) mass is 326 g/mol. The number of rotatable bonds is 3. The van der Waals surface area contributed by atoms with Crippen LogP contribution >= 0.6 is 0 Å². The molecule has 0 spiro atoms. The Balaban J connectivity index is 1.79. The zero-order valence-electron chi connectivity index (χ0n) is 12.3. The molecule has 0 N–H and O–H groups in total. The summed E-state index contributed by atoms with van der Waals surface area (Å²) in [6, 6.07) is 0. The molecule has 0 aromatic carbocycles. The quantitative estimate of drug-likeness (QED) is 0.570. The Bertz CT molecular complexity index is 416. The lowest BCUT2D eigenvalue weighted by Gasteiger charge is -2.55. The van der Waals surface area contributed by atoms with Gasteiger partial charge in [-0.2, -0.15) is 13.2 Å². The van der Waals surface area contributed by atoms with Gasteiger partial charge in [0, 0.05) is 6.92 Å². The Morgan fingerprint density at radius 3 is 1.73 bits per heavy atom. The number of hydrogen-bond donors (Lipinski definition) is 0. The van der Waals surface area contributed by atoms with Gasteiger partial charge in [-0.05, 0) is 56.3 Å². The Hall–Kier alpha value is -0.880. The smallest absolute Gasteiger partial charge is 0.431 e. The molecule has 7 heteroatoms. The van der Waals surface area contributed by atoms with Crippen molar-refractivity contribution in [1.82, 2.24) is 0 Å². The van der Waals surface area contributed by atoms with Gasteiger partial charge >= 0.3 is 12.1 Å². The lowest BCUT2D eigenvalue weighted by Crippen LogP contribution is -2.54. The summed E-state index contributed by atoms with van der Waals surface area (Å²) in [5.74, 6) is -4.24. The molecular formula is C15H19F5O2. The molecule has 1 atom stereocenters. The standard InChI is InChI=1S/C15H19F5O2/c1-13(16,17)11(15(18,19)20)22-12(21)14-5-8-2-9(6-14)4-10(3-8)7-14/h8-11H,2-7H2,1H3. The molecule has 4 aliphatic carbocycles. The number of esters is 1. The molecule has 0 radical (unpaired) electrons. The fourth-order valence-corrected chi connectivity index (χ4v) is 5.05. The molecule has 1 unspecified atom stereocenters. The van der Waals surface area contributed by atoms with Crippen molar-refractivity contribution in [1.29, 1.82) is 0 Å². The lowest BCUT2D eigenvalue weighted by atomic mass is 9.49. The summed E-state index contributed by atoms with van der Waals surface area (Å²) < 4.78 is 69.2. The average molecular weight is 326 g/mol. The summed E-state index contributed by atoms with van der Waals surface area (Å²) in [6.45, 7) is 0.137. The molecule has 126 valence electrons. The van der Waals surface area contributed by atoms with E-state index in [4.69, 9.17) is 0 Å². The summed E-state index contributed by atoms with van der Waals surface area (Å²) >= 11 is 0. The molecule has 0 amide bonds. The second-order valence-corrected chi connectivity index (χ2v) is 7.48. The molecule has 0 aromatic heterocycles. The number of ether oxygens (including phenoxy) is 1. The molecule has 0 heterocycles. The van der Waals surface area contributed by atoms with E-state index < -0.39 is 29.6 Å². The van der Waals surface area contributed by atoms with Crippen LogP contribution in [0.2, 0.25) is 0 Å². The van der Waals surface area contributed by atoms with E-state index in [-0.39, 0.29) is 6.92 Å². The minimum atomic E-state index is -5.27. The van der Waals surface area contributed by atoms with Crippen molar-refractivity contribution in [3.63, 3.8) is 0 Å². The molecular weight excluding hydrogens is 307 g/mol. The SMILES string of the molecule is CC(F)(F)C(OC(=O)C12CC3CC(CC(C3)C1)C2)C(F)(F)F. The van der Waals surface area contributed by atoms with Crippen LogP contribution in [0, 0.1) is 23.2 Å². The van der Waals surface area contributed by atoms with Gasteiger partial charge in [0.1, 0.15) is 0 Å². The maximum Gasteiger partial charge on any atom is 0.431 e. The van der Waals surface area contributed by atoms with Crippen LogP contribution in [0.15, 0.2) is 0 Å². The second kappa shape index (κ2) is 4.81. The third kappa shape index (κ3) is 2.71. The van der Waals surface area contributed by atoms with Gasteiger partial charge in [-0.1, -0.05) is 0 Å². The van der Waals surface area contributed by atoms with Crippen LogP contribution in [0.3, 0.4) is 0 Å². The van der Waals surface area contributed by atoms with Gasteiger partial charge in [0.25, 0.3) is 12.0 Å². The molecule has 2 nitrogen and oxygen atoms in total. The predicted molar refractivity (Wildman–Crippen MR) is 67.2 cm³/mol. The molecule has 0 saturated heterocycles. The van der Waals surface area contributed by atoms with Crippen molar-refractivity contribution >= 4 is 5.97 Å². The van der Waals surface area contributed by atoms with E-state index in [2.05, 4.69) is 4.74 Å². The van der Waals surface area contributed by atoms with E-state index in [1.165, 1.54) is 0 Å². The van der Waals surface area contributed by atoms with Crippen molar-refractivity contribution in [2.75, 3.05) is 0 Å². The summed E-state index contributed by atoms with van der Waals surface area (Å²) in [7, 11) is 0. The predicted octanol–water partition coefficient (Wildman–Crippen LogP) is 4.33. The second-order valence-electron chi connectivity index (χ2n) is 7.48. The number of hydrogen-bond acceptors (Lipinski definition) is 2. The van der Waals surface area contributed by atoms with E-state index >= 15 is 0 Å². The van der Waals surface area contributed by atoms with E-state index in [0.29, 0.717) is 37.0 Å². The van der Waals surface area contributed by atoms with Crippen molar-refractivity contribution in [2.24, 2.45) is 23.2 Å². The Morgan fingerprint density at radius 2 is 1.41 bits per heavy atom. The minimum Gasteiger partial charge on any atom is -0.446 e. The molecule has 4 aliphatic rings. The van der Waals surface area contributed by atoms with Crippen molar-refractivity contribution in [3.8, 4) is 0 Å². The fraction of sp³-hybridized carbons (Fsp3) is 0.933. The van der Waals surface area contributed by atoms with Gasteiger partial charge in [-0.3, -0.25) is 4.79 Å². The number of carbonyl (C=O) groups is 1. The highest BCUT2D eigenvalue weighted by atomic mass is 19.4. The molecule has 4 bridgehead atoms. The summed E-state index contributed by atoms with van der Waals surface area (Å²) in [5, 5.41) is 0. The topological polar surface area (TPSA) is 26.3 Å². The van der Waals surface area contributed by atoms with E-state index in [0.717, 1.165) is 19.3 Å². The van der Waals surface area contributed by atoms with Crippen molar-refractivity contribution in [2.45, 2.75) is 63.7 Å². The maximum atomic E-state index is 13.2. The van der Waals surface area contributed by atoms with E-state index in [1.54, 1.807) is 0 Å². The van der Waals surface area contributed by atoms with Crippen LogP contribution < -0.4 is 0 Å². The Labute approximate surface area is 125 Å². The number of halogens is 5. The highest BCUT2D eigenvalue weighted by Crippen LogP contribution is 2.60. The molecule has 0 aromatic rings. The highest BCUT2D eigenvalue weighted by Gasteiger charge is 2.60. The molecule has 4 saturated carbocycles. The summed E-state index contributed by atoms with van der Waals surface area (Å²) in [6.07, 6.45) is -4.18. The van der Waals surface area contributed by atoms with Crippen molar-refractivity contribution < 1.29 is 31.5 Å².